The van der Waals surface area contributed by atoms with Gasteiger partial charge in [-0.2, -0.15) is 4.98 Å². The first-order valence-corrected chi connectivity index (χ1v) is 6.69. The fraction of sp³-hybridized carbons (Fsp3) is 0.667. The van der Waals surface area contributed by atoms with Crippen LogP contribution in [-0.2, 0) is 16.0 Å². The standard InChI is InChI=1S/C12H18N4O5/c1-8-14-10(21-15-8)2-3-13-12(19)16-4-5-20-7-9(16)6-11(17)18/h9H,2-7H2,1H3,(H,13,19)(H,17,18). The third kappa shape index (κ3) is 4.42. The van der Waals surface area contributed by atoms with Crippen LogP contribution in [0.2, 0.25) is 0 Å². The molecule has 2 heterocycles. The van der Waals surface area contributed by atoms with Gasteiger partial charge in [0.15, 0.2) is 5.82 Å². The van der Waals surface area contributed by atoms with Crippen LogP contribution in [0, 0.1) is 6.92 Å². The Balaban J connectivity index is 1.81. The Morgan fingerprint density at radius 2 is 2.33 bits per heavy atom. The van der Waals surface area contributed by atoms with Gasteiger partial charge in [-0.3, -0.25) is 4.79 Å². The highest BCUT2D eigenvalue weighted by Crippen LogP contribution is 2.10. The summed E-state index contributed by atoms with van der Waals surface area (Å²) in [6.07, 6.45) is 0.302. The first-order chi connectivity index (χ1) is 10.1. The summed E-state index contributed by atoms with van der Waals surface area (Å²) < 4.78 is 10.2. The van der Waals surface area contributed by atoms with E-state index in [-0.39, 0.29) is 19.1 Å². The molecule has 2 N–H and O–H groups in total. The molecule has 1 saturated heterocycles. The molecular weight excluding hydrogens is 280 g/mol. The van der Waals surface area contributed by atoms with Crippen molar-refractivity contribution in [2.75, 3.05) is 26.3 Å². The van der Waals surface area contributed by atoms with Crippen LogP contribution in [-0.4, -0.2) is 64.5 Å². The molecule has 116 valence electrons. The first-order valence-electron chi connectivity index (χ1n) is 6.69. The molecule has 21 heavy (non-hydrogen) atoms. The lowest BCUT2D eigenvalue weighted by molar-refractivity contribution is -0.139. The third-order valence-electron chi connectivity index (χ3n) is 3.08. The molecule has 0 spiro atoms. The number of aromatic nitrogens is 2. The van der Waals surface area contributed by atoms with Crippen molar-refractivity contribution in [3.05, 3.63) is 11.7 Å². The number of morpholine rings is 1. The van der Waals surface area contributed by atoms with E-state index in [0.717, 1.165) is 0 Å². The molecule has 0 saturated carbocycles. The number of carboxylic acids is 1. The molecule has 0 aromatic carbocycles. The van der Waals surface area contributed by atoms with Crippen LogP contribution in [0.15, 0.2) is 4.52 Å². The first kappa shape index (κ1) is 15.2. The molecular formula is C12H18N4O5. The van der Waals surface area contributed by atoms with Crippen molar-refractivity contribution < 1.29 is 24.0 Å². The van der Waals surface area contributed by atoms with E-state index >= 15 is 0 Å². The molecule has 1 aliphatic rings. The number of amides is 2. The summed E-state index contributed by atoms with van der Waals surface area (Å²) in [5.74, 6) is 0.0486. The highest BCUT2D eigenvalue weighted by molar-refractivity contribution is 5.76. The SMILES string of the molecule is Cc1noc(CCNC(=O)N2CCOCC2CC(=O)O)n1. The summed E-state index contributed by atoms with van der Waals surface area (Å²) in [6.45, 7) is 3.09. The molecule has 1 aliphatic heterocycles. The molecule has 9 heteroatoms. The van der Waals surface area contributed by atoms with Gasteiger partial charge in [0.05, 0.1) is 25.7 Å². The number of nitrogens with one attached hydrogen (secondary N) is 1. The summed E-state index contributed by atoms with van der Waals surface area (Å²) in [5.41, 5.74) is 0. The second-order valence-corrected chi connectivity index (χ2v) is 4.74. The number of carbonyl (C=O) groups is 2. The van der Waals surface area contributed by atoms with Crippen molar-refractivity contribution in [3.63, 3.8) is 0 Å². The van der Waals surface area contributed by atoms with Crippen molar-refractivity contribution in [2.24, 2.45) is 0 Å². The number of urea groups is 1. The number of nitrogens with zero attached hydrogens (tertiary/aromatic N) is 3. The van der Waals surface area contributed by atoms with Gasteiger partial charge in [0.1, 0.15) is 0 Å². The fourth-order valence-corrected chi connectivity index (χ4v) is 2.11. The van der Waals surface area contributed by atoms with Crippen molar-refractivity contribution in [2.45, 2.75) is 25.8 Å². The molecule has 1 fully saturated rings. The Morgan fingerprint density at radius 3 is 3.00 bits per heavy atom. The Kier molecular flexibility index (Phi) is 5.09. The van der Waals surface area contributed by atoms with Gasteiger partial charge in [0, 0.05) is 19.5 Å². The molecule has 1 unspecified atom stereocenters. The number of carboxylic acid groups (broad SMARTS) is 1. The van der Waals surface area contributed by atoms with Crippen LogP contribution in [0.3, 0.4) is 0 Å². The molecule has 0 bridgehead atoms. The maximum absolute atomic E-state index is 12.1. The van der Waals surface area contributed by atoms with Crippen LogP contribution in [0.25, 0.3) is 0 Å². The predicted molar refractivity (Wildman–Crippen MR) is 69.7 cm³/mol. The van der Waals surface area contributed by atoms with E-state index in [1.807, 2.05) is 0 Å². The number of aliphatic carboxylic acids is 1. The Bertz CT molecular complexity index is 504. The number of carbonyl (C=O) groups excluding carboxylic acids is 1. The Hall–Kier alpha value is -2.16. The Morgan fingerprint density at radius 1 is 1.52 bits per heavy atom. The number of rotatable bonds is 5. The normalized spacial score (nSPS) is 18.5. The lowest BCUT2D eigenvalue weighted by atomic mass is 10.1. The van der Waals surface area contributed by atoms with E-state index in [1.54, 1.807) is 6.92 Å². The Labute approximate surface area is 121 Å². The van der Waals surface area contributed by atoms with Crippen molar-refractivity contribution in [1.82, 2.24) is 20.4 Å². The zero-order chi connectivity index (χ0) is 15.2. The largest absolute Gasteiger partial charge is 0.481 e. The monoisotopic (exact) mass is 298 g/mol. The molecule has 1 aromatic rings. The zero-order valence-electron chi connectivity index (χ0n) is 11.7. The minimum atomic E-state index is -0.954. The summed E-state index contributed by atoms with van der Waals surface area (Å²) in [7, 11) is 0. The maximum Gasteiger partial charge on any atom is 0.317 e. The zero-order valence-corrected chi connectivity index (χ0v) is 11.7. The second-order valence-electron chi connectivity index (χ2n) is 4.74. The molecule has 0 radical (unpaired) electrons. The van der Waals surface area contributed by atoms with Crippen LogP contribution < -0.4 is 5.32 Å². The van der Waals surface area contributed by atoms with E-state index in [0.29, 0.717) is 37.8 Å². The van der Waals surface area contributed by atoms with Crippen molar-refractivity contribution in [3.8, 4) is 0 Å². The molecule has 0 aliphatic carbocycles. The fourth-order valence-electron chi connectivity index (χ4n) is 2.11. The summed E-state index contributed by atoms with van der Waals surface area (Å²) in [6, 6.07) is -0.748. The maximum atomic E-state index is 12.1. The minimum Gasteiger partial charge on any atom is -0.481 e. The predicted octanol–water partition coefficient (Wildman–Crippen LogP) is -0.194. The van der Waals surface area contributed by atoms with Gasteiger partial charge < -0.3 is 24.6 Å². The molecule has 9 nitrogen and oxygen atoms in total. The van der Waals surface area contributed by atoms with Gasteiger partial charge in [-0.15, -0.1) is 0 Å². The van der Waals surface area contributed by atoms with Gasteiger partial charge in [0.2, 0.25) is 5.89 Å². The summed E-state index contributed by atoms with van der Waals surface area (Å²) in [5, 5.41) is 15.2. The van der Waals surface area contributed by atoms with Crippen LogP contribution in [0.1, 0.15) is 18.1 Å². The second kappa shape index (κ2) is 7.02. The lowest BCUT2D eigenvalue weighted by Gasteiger charge is -2.34. The smallest absolute Gasteiger partial charge is 0.317 e. The third-order valence-corrected chi connectivity index (χ3v) is 3.08. The van der Waals surface area contributed by atoms with Crippen LogP contribution in [0.4, 0.5) is 4.79 Å². The highest BCUT2D eigenvalue weighted by atomic mass is 16.5. The minimum absolute atomic E-state index is 0.129. The summed E-state index contributed by atoms with van der Waals surface area (Å²) >= 11 is 0. The van der Waals surface area contributed by atoms with E-state index in [2.05, 4.69) is 15.5 Å². The molecule has 2 amide bonds. The van der Waals surface area contributed by atoms with Gasteiger partial charge in [-0.05, 0) is 6.92 Å². The summed E-state index contributed by atoms with van der Waals surface area (Å²) in [4.78, 5) is 28.4. The van der Waals surface area contributed by atoms with Gasteiger partial charge >= 0.3 is 12.0 Å². The number of aryl methyl sites for hydroxylation is 1. The van der Waals surface area contributed by atoms with Crippen LogP contribution in [0.5, 0.6) is 0 Å². The average Bonchev–Trinajstić information content (AvgIpc) is 2.84. The highest BCUT2D eigenvalue weighted by Gasteiger charge is 2.28. The number of hydrogen-bond acceptors (Lipinski definition) is 6. The van der Waals surface area contributed by atoms with E-state index < -0.39 is 12.0 Å². The van der Waals surface area contributed by atoms with Crippen molar-refractivity contribution >= 4 is 12.0 Å². The van der Waals surface area contributed by atoms with Gasteiger partial charge in [-0.1, -0.05) is 5.16 Å². The topological polar surface area (TPSA) is 118 Å². The molecule has 1 aromatic heterocycles. The molecule has 2 rings (SSSR count). The quantitative estimate of drug-likeness (QED) is 0.773. The number of hydrogen-bond donors (Lipinski definition) is 2. The average molecular weight is 298 g/mol. The van der Waals surface area contributed by atoms with Crippen molar-refractivity contribution in [1.29, 1.82) is 0 Å². The van der Waals surface area contributed by atoms with E-state index in [9.17, 15) is 9.59 Å². The van der Waals surface area contributed by atoms with E-state index in [4.69, 9.17) is 14.4 Å². The van der Waals surface area contributed by atoms with E-state index in [1.165, 1.54) is 4.90 Å². The number of ether oxygens (including phenoxy) is 1. The lowest BCUT2D eigenvalue weighted by Crippen LogP contribution is -2.53. The molecule has 1 atom stereocenters. The van der Waals surface area contributed by atoms with Gasteiger partial charge in [-0.25, -0.2) is 4.79 Å². The van der Waals surface area contributed by atoms with Crippen LogP contribution >= 0.6 is 0 Å². The van der Waals surface area contributed by atoms with Gasteiger partial charge in [0.25, 0.3) is 0 Å².